The van der Waals surface area contributed by atoms with E-state index in [0.29, 0.717) is 12.5 Å². The van der Waals surface area contributed by atoms with E-state index < -0.39 is 0 Å². The van der Waals surface area contributed by atoms with Crippen LogP contribution in [0.3, 0.4) is 0 Å². The molecule has 3 heteroatoms. The molecule has 1 aromatic heterocycles. The maximum absolute atomic E-state index is 12.5. The van der Waals surface area contributed by atoms with Crippen LogP contribution in [0.5, 0.6) is 0 Å². The molecule has 100 valence electrons. The molecule has 0 aliphatic rings. The van der Waals surface area contributed by atoms with Gasteiger partial charge in [0.15, 0.2) is 5.78 Å². The van der Waals surface area contributed by atoms with Crippen LogP contribution in [0.25, 0.3) is 10.9 Å². The fourth-order valence-corrected chi connectivity index (χ4v) is 2.34. The van der Waals surface area contributed by atoms with Crippen molar-refractivity contribution in [1.29, 1.82) is 0 Å². The fraction of sp³-hybridized carbons (Fsp3) is 0.375. The zero-order chi connectivity index (χ0) is 13.8. The summed E-state index contributed by atoms with van der Waals surface area (Å²) in [6, 6.07) is 9.50. The van der Waals surface area contributed by atoms with Gasteiger partial charge in [-0.25, -0.2) is 0 Å². The number of Topliss-reactive ketones (excluding diaryl/α,β-unsaturated/α-hetero) is 1. The van der Waals surface area contributed by atoms with Gasteiger partial charge in [0.1, 0.15) is 0 Å². The summed E-state index contributed by atoms with van der Waals surface area (Å²) >= 11 is 0. The summed E-state index contributed by atoms with van der Waals surface area (Å²) in [4.78, 5) is 16.7. The van der Waals surface area contributed by atoms with E-state index in [0.717, 1.165) is 22.9 Å². The molecular formula is C16H20N2O. The van der Waals surface area contributed by atoms with Crippen LogP contribution < -0.4 is 5.73 Å². The van der Waals surface area contributed by atoms with E-state index in [1.54, 1.807) is 6.20 Å². The van der Waals surface area contributed by atoms with Gasteiger partial charge >= 0.3 is 0 Å². The third-order valence-electron chi connectivity index (χ3n) is 3.30. The van der Waals surface area contributed by atoms with Gasteiger partial charge in [-0.3, -0.25) is 9.78 Å². The largest absolute Gasteiger partial charge is 0.330 e. The van der Waals surface area contributed by atoms with Crippen LogP contribution in [0.1, 0.15) is 30.6 Å². The van der Waals surface area contributed by atoms with E-state index in [4.69, 9.17) is 5.73 Å². The first-order chi connectivity index (χ1) is 9.11. The number of fused-ring (bicyclic) bond motifs is 1. The highest BCUT2D eigenvalue weighted by Gasteiger charge is 2.19. The zero-order valence-electron chi connectivity index (χ0n) is 11.5. The van der Waals surface area contributed by atoms with E-state index in [-0.39, 0.29) is 11.7 Å². The summed E-state index contributed by atoms with van der Waals surface area (Å²) in [5, 5.41) is 0.994. The summed E-state index contributed by atoms with van der Waals surface area (Å²) in [6.07, 6.45) is 2.59. The molecule has 0 amide bonds. The first-order valence-electron chi connectivity index (χ1n) is 6.71. The van der Waals surface area contributed by atoms with Crippen molar-refractivity contribution in [2.24, 2.45) is 17.6 Å². The van der Waals surface area contributed by atoms with Gasteiger partial charge in [0.25, 0.3) is 0 Å². The number of benzene rings is 1. The predicted octanol–water partition coefficient (Wildman–Crippen LogP) is 3.04. The summed E-state index contributed by atoms with van der Waals surface area (Å²) in [5.74, 6) is 0.524. The molecular weight excluding hydrogens is 236 g/mol. The lowest BCUT2D eigenvalue weighted by Gasteiger charge is -2.16. The molecule has 1 heterocycles. The number of aromatic nitrogens is 1. The highest BCUT2D eigenvalue weighted by atomic mass is 16.1. The molecule has 1 aromatic carbocycles. The van der Waals surface area contributed by atoms with Crippen molar-refractivity contribution in [2.75, 3.05) is 6.54 Å². The lowest BCUT2D eigenvalue weighted by molar-refractivity contribution is 0.0909. The van der Waals surface area contributed by atoms with E-state index in [1.807, 2.05) is 30.3 Å². The Kier molecular flexibility index (Phi) is 4.27. The molecule has 2 N–H and O–H groups in total. The topological polar surface area (TPSA) is 56.0 Å². The number of ketones is 1. The minimum Gasteiger partial charge on any atom is -0.330 e. The van der Waals surface area contributed by atoms with Gasteiger partial charge in [-0.1, -0.05) is 19.9 Å². The average Bonchev–Trinajstić information content (AvgIpc) is 2.43. The molecule has 0 saturated heterocycles. The molecule has 0 aliphatic heterocycles. The van der Waals surface area contributed by atoms with Crippen molar-refractivity contribution in [1.82, 2.24) is 4.98 Å². The van der Waals surface area contributed by atoms with Crippen LogP contribution in [-0.4, -0.2) is 17.3 Å². The minimum atomic E-state index is -0.0888. The second-order valence-corrected chi connectivity index (χ2v) is 5.34. The van der Waals surface area contributed by atoms with Crippen LogP contribution >= 0.6 is 0 Å². The van der Waals surface area contributed by atoms with Crippen LogP contribution in [-0.2, 0) is 0 Å². The Hall–Kier alpha value is -1.74. The second-order valence-electron chi connectivity index (χ2n) is 5.34. The molecule has 0 spiro atoms. The molecule has 3 nitrogen and oxygen atoms in total. The number of hydrogen-bond donors (Lipinski definition) is 1. The Balaban J connectivity index is 2.29. The van der Waals surface area contributed by atoms with E-state index in [9.17, 15) is 4.79 Å². The zero-order valence-corrected chi connectivity index (χ0v) is 11.5. The number of hydrogen-bond acceptors (Lipinski definition) is 3. The smallest absolute Gasteiger partial charge is 0.167 e. The lowest BCUT2D eigenvalue weighted by atomic mass is 9.89. The van der Waals surface area contributed by atoms with E-state index >= 15 is 0 Å². The summed E-state index contributed by atoms with van der Waals surface area (Å²) in [6.45, 7) is 4.63. The Morgan fingerprint density at radius 1 is 1.32 bits per heavy atom. The number of carbonyl (C=O) groups excluding carboxylic acids is 1. The number of nitrogens with two attached hydrogens (primary N) is 1. The van der Waals surface area contributed by atoms with Crippen molar-refractivity contribution >= 4 is 16.7 Å². The van der Waals surface area contributed by atoms with Gasteiger partial charge in [-0.2, -0.15) is 0 Å². The highest BCUT2D eigenvalue weighted by Crippen LogP contribution is 2.19. The average molecular weight is 256 g/mol. The third kappa shape index (κ3) is 3.18. The van der Waals surface area contributed by atoms with Gasteiger partial charge in [0.2, 0.25) is 0 Å². The van der Waals surface area contributed by atoms with Crippen molar-refractivity contribution in [3.63, 3.8) is 0 Å². The molecule has 2 aromatic rings. The lowest BCUT2D eigenvalue weighted by Crippen LogP contribution is -2.25. The third-order valence-corrected chi connectivity index (χ3v) is 3.30. The molecule has 0 radical (unpaired) electrons. The quantitative estimate of drug-likeness (QED) is 0.836. The molecule has 0 bridgehead atoms. The molecule has 0 aliphatic carbocycles. The van der Waals surface area contributed by atoms with Crippen LogP contribution in [0.15, 0.2) is 36.5 Å². The Labute approximate surface area is 113 Å². The Morgan fingerprint density at radius 2 is 2.11 bits per heavy atom. The Bertz CT molecular complexity index is 578. The summed E-state index contributed by atoms with van der Waals surface area (Å²) < 4.78 is 0. The van der Waals surface area contributed by atoms with Gasteiger partial charge in [-0.05, 0) is 36.6 Å². The van der Waals surface area contributed by atoms with Crippen LogP contribution in [0, 0.1) is 11.8 Å². The molecule has 0 saturated carbocycles. The molecule has 19 heavy (non-hydrogen) atoms. The first-order valence-corrected chi connectivity index (χ1v) is 6.71. The fourth-order valence-electron chi connectivity index (χ4n) is 2.34. The highest BCUT2D eigenvalue weighted by molar-refractivity contribution is 6.00. The molecule has 0 fully saturated rings. The summed E-state index contributed by atoms with van der Waals surface area (Å²) in [5.41, 5.74) is 7.38. The standard InChI is InChI=1S/C16H20N2O/c1-11(2)8-14(10-17)16(19)13-5-6-15-12(9-13)4-3-7-18-15/h3-7,9,11,14H,8,10,17H2,1-2H3. The monoisotopic (exact) mass is 256 g/mol. The number of carbonyl (C=O) groups is 1. The predicted molar refractivity (Wildman–Crippen MR) is 78.1 cm³/mol. The summed E-state index contributed by atoms with van der Waals surface area (Å²) in [7, 11) is 0. The number of nitrogens with zero attached hydrogens (tertiary/aromatic N) is 1. The van der Waals surface area contributed by atoms with Crippen LogP contribution in [0.2, 0.25) is 0 Å². The van der Waals surface area contributed by atoms with Crippen molar-refractivity contribution in [3.8, 4) is 0 Å². The second kappa shape index (κ2) is 5.93. The minimum absolute atomic E-state index is 0.0888. The van der Waals surface area contributed by atoms with E-state index in [1.165, 1.54) is 0 Å². The van der Waals surface area contributed by atoms with Gasteiger partial charge in [0, 0.05) is 29.6 Å². The SMILES string of the molecule is CC(C)CC(CN)C(=O)c1ccc2ncccc2c1. The maximum atomic E-state index is 12.5. The Morgan fingerprint density at radius 3 is 2.79 bits per heavy atom. The van der Waals surface area contributed by atoms with Gasteiger partial charge < -0.3 is 5.73 Å². The first kappa shape index (κ1) is 13.7. The van der Waals surface area contributed by atoms with Crippen molar-refractivity contribution < 1.29 is 4.79 Å². The van der Waals surface area contributed by atoms with Gasteiger partial charge in [-0.15, -0.1) is 0 Å². The normalized spacial score (nSPS) is 12.8. The maximum Gasteiger partial charge on any atom is 0.167 e. The number of pyridine rings is 1. The van der Waals surface area contributed by atoms with Crippen LogP contribution in [0.4, 0.5) is 0 Å². The molecule has 1 atom stereocenters. The van der Waals surface area contributed by atoms with Crippen molar-refractivity contribution in [3.05, 3.63) is 42.1 Å². The van der Waals surface area contributed by atoms with E-state index in [2.05, 4.69) is 18.8 Å². The van der Waals surface area contributed by atoms with Crippen molar-refractivity contribution in [2.45, 2.75) is 20.3 Å². The number of rotatable bonds is 5. The molecule has 2 rings (SSSR count). The van der Waals surface area contributed by atoms with Gasteiger partial charge in [0.05, 0.1) is 5.52 Å². The molecule has 1 unspecified atom stereocenters.